The van der Waals surface area contributed by atoms with Crippen LogP contribution >= 0.6 is 22.9 Å². The van der Waals surface area contributed by atoms with Gasteiger partial charge >= 0.3 is 5.97 Å². The normalized spacial score (nSPS) is 11.0. The summed E-state index contributed by atoms with van der Waals surface area (Å²) in [6.07, 6.45) is 0. The molecule has 3 aromatic carbocycles. The molecular formula is C20H13ClO3S. The molecule has 4 rings (SSSR count). The van der Waals surface area contributed by atoms with Crippen LogP contribution in [0.25, 0.3) is 20.2 Å². The summed E-state index contributed by atoms with van der Waals surface area (Å²) in [5.74, 6) is 0.633. The van der Waals surface area contributed by atoms with Crippen LogP contribution < -0.4 is 4.74 Å². The van der Waals surface area contributed by atoms with Crippen LogP contribution in [0.3, 0.4) is 0 Å². The quantitative estimate of drug-likeness (QED) is 0.399. The monoisotopic (exact) mass is 368 g/mol. The molecule has 0 unspecified atom stereocenters. The maximum Gasteiger partial charge on any atom is 0.341 e. The van der Waals surface area contributed by atoms with Crippen molar-refractivity contribution < 1.29 is 14.3 Å². The van der Waals surface area contributed by atoms with Crippen molar-refractivity contribution in [2.75, 3.05) is 7.11 Å². The van der Waals surface area contributed by atoms with Gasteiger partial charge in [0.25, 0.3) is 0 Å². The largest absolute Gasteiger partial charge is 0.465 e. The lowest BCUT2D eigenvalue weighted by molar-refractivity contribution is 0.0598. The van der Waals surface area contributed by atoms with Gasteiger partial charge in [-0.15, -0.1) is 11.3 Å². The Kier molecular flexibility index (Phi) is 4.07. The molecule has 1 aromatic heterocycles. The average Bonchev–Trinajstić information content (AvgIpc) is 3.02. The Balaban J connectivity index is 1.86. The van der Waals surface area contributed by atoms with Crippen molar-refractivity contribution in [1.29, 1.82) is 0 Å². The van der Waals surface area contributed by atoms with Crippen LogP contribution in [-0.4, -0.2) is 13.1 Å². The first kappa shape index (κ1) is 15.9. The minimum atomic E-state index is -0.485. The van der Waals surface area contributed by atoms with E-state index >= 15 is 0 Å². The number of carbonyl (C=O) groups is 1. The summed E-state index contributed by atoms with van der Waals surface area (Å²) in [7, 11) is 1.33. The van der Waals surface area contributed by atoms with Gasteiger partial charge in [-0.25, -0.2) is 4.79 Å². The number of ether oxygens (including phenoxy) is 2. The molecule has 25 heavy (non-hydrogen) atoms. The summed E-state index contributed by atoms with van der Waals surface area (Å²) in [5, 5.41) is 2.77. The molecule has 0 spiro atoms. The molecular weight excluding hydrogens is 356 g/mol. The highest BCUT2D eigenvalue weighted by atomic mass is 35.5. The molecule has 5 heteroatoms. The highest BCUT2D eigenvalue weighted by Crippen LogP contribution is 2.41. The minimum absolute atomic E-state index is 0.299. The number of benzene rings is 3. The fraction of sp³-hybridized carbons (Fsp3) is 0.0500. The lowest BCUT2D eigenvalue weighted by Crippen LogP contribution is -2.03. The zero-order chi connectivity index (χ0) is 17.4. The average molecular weight is 369 g/mol. The third-order valence-electron chi connectivity index (χ3n) is 3.93. The Morgan fingerprint density at radius 3 is 2.60 bits per heavy atom. The standard InChI is InChI=1S/C20H13ClO3S/c1-23-20(22)15-11-12(21)9-10-16(15)24-17-7-4-6-14-13-5-2-3-8-18(13)25-19(14)17/h2-11H,1H3. The van der Waals surface area contributed by atoms with E-state index in [4.69, 9.17) is 21.1 Å². The van der Waals surface area contributed by atoms with Crippen molar-refractivity contribution in [3.05, 3.63) is 71.2 Å². The fourth-order valence-electron chi connectivity index (χ4n) is 2.78. The summed E-state index contributed by atoms with van der Waals surface area (Å²) in [6.45, 7) is 0. The Morgan fingerprint density at radius 1 is 0.960 bits per heavy atom. The molecule has 0 radical (unpaired) electrons. The first-order valence-corrected chi connectivity index (χ1v) is 8.83. The zero-order valence-corrected chi connectivity index (χ0v) is 14.9. The van der Waals surface area contributed by atoms with Crippen LogP contribution in [0.15, 0.2) is 60.7 Å². The maximum atomic E-state index is 12.0. The van der Waals surface area contributed by atoms with Gasteiger partial charge in [0.1, 0.15) is 17.1 Å². The van der Waals surface area contributed by atoms with Crippen molar-refractivity contribution in [2.45, 2.75) is 0 Å². The number of thiophene rings is 1. The second-order valence-electron chi connectivity index (χ2n) is 5.47. The second-order valence-corrected chi connectivity index (χ2v) is 6.95. The molecule has 0 N–H and O–H groups in total. The van der Waals surface area contributed by atoms with Gasteiger partial charge in [-0.2, -0.15) is 0 Å². The van der Waals surface area contributed by atoms with Gasteiger partial charge in [0, 0.05) is 20.5 Å². The molecule has 124 valence electrons. The first-order chi connectivity index (χ1) is 12.2. The smallest absolute Gasteiger partial charge is 0.341 e. The molecule has 1 heterocycles. The SMILES string of the molecule is COC(=O)c1cc(Cl)ccc1Oc1cccc2c1sc1ccccc12. The maximum absolute atomic E-state index is 12.0. The van der Waals surface area contributed by atoms with E-state index in [-0.39, 0.29) is 0 Å². The molecule has 0 saturated heterocycles. The Morgan fingerprint density at radius 2 is 1.76 bits per heavy atom. The molecule has 0 saturated carbocycles. The molecule has 0 aliphatic carbocycles. The second kappa shape index (κ2) is 6.39. The minimum Gasteiger partial charge on any atom is -0.465 e. The molecule has 3 nitrogen and oxygen atoms in total. The van der Waals surface area contributed by atoms with E-state index in [0.29, 0.717) is 22.1 Å². The van der Waals surface area contributed by atoms with E-state index in [1.54, 1.807) is 29.5 Å². The number of rotatable bonds is 3. The van der Waals surface area contributed by atoms with Crippen LogP contribution in [0.1, 0.15) is 10.4 Å². The number of carbonyl (C=O) groups excluding carboxylic acids is 1. The van der Waals surface area contributed by atoms with Crippen LogP contribution in [-0.2, 0) is 4.74 Å². The van der Waals surface area contributed by atoms with Gasteiger partial charge in [-0.05, 0) is 30.3 Å². The summed E-state index contributed by atoms with van der Waals surface area (Å²) in [6, 6.07) is 19.1. The number of hydrogen-bond acceptors (Lipinski definition) is 4. The molecule has 0 amide bonds. The van der Waals surface area contributed by atoms with E-state index in [0.717, 1.165) is 10.1 Å². The Labute approximate surface area is 153 Å². The molecule has 0 aliphatic rings. The zero-order valence-electron chi connectivity index (χ0n) is 13.3. The van der Waals surface area contributed by atoms with Crippen LogP contribution in [0, 0.1) is 0 Å². The Bertz CT molecular complexity index is 1100. The highest BCUT2D eigenvalue weighted by molar-refractivity contribution is 7.26. The highest BCUT2D eigenvalue weighted by Gasteiger charge is 2.16. The van der Waals surface area contributed by atoms with E-state index < -0.39 is 5.97 Å². The lowest BCUT2D eigenvalue weighted by Gasteiger charge is -2.11. The van der Waals surface area contributed by atoms with Crippen LogP contribution in [0.2, 0.25) is 5.02 Å². The topological polar surface area (TPSA) is 35.5 Å². The summed E-state index contributed by atoms with van der Waals surface area (Å²) in [5.41, 5.74) is 0.299. The Hall–Kier alpha value is -2.56. The van der Waals surface area contributed by atoms with E-state index in [9.17, 15) is 4.79 Å². The van der Waals surface area contributed by atoms with Gasteiger partial charge in [0.05, 0.1) is 11.8 Å². The van der Waals surface area contributed by atoms with E-state index in [1.807, 2.05) is 24.3 Å². The van der Waals surface area contributed by atoms with Crippen molar-refractivity contribution in [1.82, 2.24) is 0 Å². The van der Waals surface area contributed by atoms with Gasteiger partial charge in [-0.1, -0.05) is 41.9 Å². The molecule has 0 bridgehead atoms. The van der Waals surface area contributed by atoms with E-state index in [2.05, 4.69) is 18.2 Å². The first-order valence-electron chi connectivity index (χ1n) is 7.63. The predicted molar refractivity (Wildman–Crippen MR) is 102 cm³/mol. The lowest BCUT2D eigenvalue weighted by atomic mass is 10.1. The summed E-state index contributed by atoms with van der Waals surface area (Å²) >= 11 is 7.67. The summed E-state index contributed by atoms with van der Waals surface area (Å²) in [4.78, 5) is 12.0. The number of hydrogen-bond donors (Lipinski definition) is 0. The van der Waals surface area contributed by atoms with Crippen molar-refractivity contribution in [3.8, 4) is 11.5 Å². The number of esters is 1. The molecule has 0 aliphatic heterocycles. The molecule has 0 atom stereocenters. The third-order valence-corrected chi connectivity index (χ3v) is 5.37. The molecule has 0 fully saturated rings. The number of fused-ring (bicyclic) bond motifs is 3. The van der Waals surface area contributed by atoms with Crippen LogP contribution in [0.4, 0.5) is 0 Å². The predicted octanol–water partition coefficient (Wildman–Crippen LogP) is 6.29. The van der Waals surface area contributed by atoms with Crippen LogP contribution in [0.5, 0.6) is 11.5 Å². The van der Waals surface area contributed by atoms with Gasteiger partial charge in [0.2, 0.25) is 0 Å². The fourth-order valence-corrected chi connectivity index (χ4v) is 4.11. The number of methoxy groups -OCH3 is 1. The van der Waals surface area contributed by atoms with Crippen molar-refractivity contribution >= 4 is 49.1 Å². The number of halogens is 1. The van der Waals surface area contributed by atoms with Gasteiger partial charge in [-0.3, -0.25) is 0 Å². The molecule has 4 aromatic rings. The third kappa shape index (κ3) is 2.84. The summed E-state index contributed by atoms with van der Waals surface area (Å²) < 4.78 is 13.1. The van der Waals surface area contributed by atoms with Gasteiger partial charge in [0.15, 0.2) is 0 Å². The van der Waals surface area contributed by atoms with E-state index in [1.165, 1.54) is 17.2 Å². The van der Waals surface area contributed by atoms with Crippen molar-refractivity contribution in [3.63, 3.8) is 0 Å². The van der Waals surface area contributed by atoms with Gasteiger partial charge < -0.3 is 9.47 Å². The van der Waals surface area contributed by atoms with Crippen molar-refractivity contribution in [2.24, 2.45) is 0 Å².